The second-order valence-electron chi connectivity index (χ2n) is 7.29. The van der Waals surface area contributed by atoms with Crippen LogP contribution in [0.1, 0.15) is 10.4 Å². The molecule has 0 N–H and O–H groups in total. The van der Waals surface area contributed by atoms with Crippen LogP contribution in [-0.2, 0) is 0 Å². The summed E-state index contributed by atoms with van der Waals surface area (Å²) in [7, 11) is 1.60. The number of hydrogen-bond acceptors (Lipinski definition) is 7. The zero-order chi connectivity index (χ0) is 19.1. The summed E-state index contributed by atoms with van der Waals surface area (Å²) < 4.78 is 5.20. The molecule has 2 unspecified atom stereocenters. The molecule has 2 aliphatic rings. The average molecular weight is 376 g/mol. The van der Waals surface area contributed by atoms with E-state index in [1.165, 1.54) is 0 Å². The van der Waals surface area contributed by atoms with Crippen molar-refractivity contribution < 1.29 is 9.53 Å². The average Bonchev–Trinajstić information content (AvgIpc) is 3.32. The molecule has 0 spiro atoms. The van der Waals surface area contributed by atoms with E-state index in [1.54, 1.807) is 31.8 Å². The Kier molecular flexibility index (Phi) is 4.03. The molecule has 5 rings (SSSR count). The summed E-state index contributed by atoms with van der Waals surface area (Å²) in [6.07, 6.45) is 5.02. The molecule has 0 radical (unpaired) electrons. The molecule has 2 fully saturated rings. The topological polar surface area (TPSA) is 84.3 Å². The molecular weight excluding hydrogens is 356 g/mol. The van der Waals surface area contributed by atoms with E-state index in [1.807, 2.05) is 23.1 Å². The van der Waals surface area contributed by atoms with E-state index in [-0.39, 0.29) is 5.91 Å². The molecule has 8 nitrogen and oxygen atoms in total. The number of aromatic nitrogens is 4. The molecule has 142 valence electrons. The van der Waals surface area contributed by atoms with Crippen molar-refractivity contribution in [3.05, 3.63) is 48.4 Å². The third-order valence-corrected chi connectivity index (χ3v) is 5.60. The van der Waals surface area contributed by atoms with Crippen molar-refractivity contribution in [2.75, 3.05) is 38.2 Å². The Morgan fingerprint density at radius 1 is 0.964 bits per heavy atom. The molecule has 2 aliphatic heterocycles. The van der Waals surface area contributed by atoms with Crippen molar-refractivity contribution in [3.8, 4) is 5.88 Å². The van der Waals surface area contributed by atoms with E-state index in [9.17, 15) is 4.79 Å². The van der Waals surface area contributed by atoms with E-state index in [0.717, 1.165) is 37.2 Å². The summed E-state index contributed by atoms with van der Waals surface area (Å²) in [6.45, 7) is 3.21. The first-order chi connectivity index (χ1) is 13.7. The number of ether oxygens (including phenoxy) is 1. The monoisotopic (exact) mass is 376 g/mol. The van der Waals surface area contributed by atoms with Gasteiger partial charge in [-0.15, -0.1) is 0 Å². The van der Waals surface area contributed by atoms with Crippen LogP contribution in [0, 0.1) is 11.8 Å². The first-order valence-corrected chi connectivity index (χ1v) is 9.33. The standard InChI is InChI=1S/C20H20N6O2/c1-28-18-4-5-23-20(24-18)26-11-14-9-25(10-15(14)12-26)19(27)13-2-3-16-17(8-13)22-7-6-21-16/h2-8,14-15H,9-12H2,1H3. The van der Waals surface area contributed by atoms with Gasteiger partial charge in [-0.1, -0.05) is 0 Å². The normalized spacial score (nSPS) is 21.2. The molecule has 0 bridgehead atoms. The number of methoxy groups -OCH3 is 1. The molecule has 0 saturated carbocycles. The molecule has 8 heteroatoms. The highest BCUT2D eigenvalue weighted by atomic mass is 16.5. The van der Waals surface area contributed by atoms with Gasteiger partial charge in [-0.05, 0) is 18.2 Å². The molecule has 0 aliphatic carbocycles. The minimum atomic E-state index is 0.0612. The van der Waals surface area contributed by atoms with Crippen molar-refractivity contribution in [3.63, 3.8) is 0 Å². The smallest absolute Gasteiger partial charge is 0.253 e. The van der Waals surface area contributed by atoms with Crippen LogP contribution < -0.4 is 9.64 Å². The van der Waals surface area contributed by atoms with E-state index in [2.05, 4.69) is 24.8 Å². The number of benzene rings is 1. The van der Waals surface area contributed by atoms with Crippen molar-refractivity contribution in [2.45, 2.75) is 0 Å². The summed E-state index contributed by atoms with van der Waals surface area (Å²) in [5.41, 5.74) is 2.21. The summed E-state index contributed by atoms with van der Waals surface area (Å²) in [5.74, 6) is 2.18. The maximum absolute atomic E-state index is 13.0. The fourth-order valence-corrected chi connectivity index (χ4v) is 4.20. The Morgan fingerprint density at radius 3 is 2.46 bits per heavy atom. The Morgan fingerprint density at radius 2 is 1.71 bits per heavy atom. The summed E-state index contributed by atoms with van der Waals surface area (Å²) >= 11 is 0. The third-order valence-electron chi connectivity index (χ3n) is 5.60. The van der Waals surface area contributed by atoms with Gasteiger partial charge >= 0.3 is 0 Å². The van der Waals surface area contributed by atoms with Gasteiger partial charge in [0.15, 0.2) is 0 Å². The van der Waals surface area contributed by atoms with Gasteiger partial charge < -0.3 is 14.5 Å². The predicted octanol–water partition coefficient (Wildman–Crippen LogP) is 1.64. The van der Waals surface area contributed by atoms with Gasteiger partial charge in [-0.25, -0.2) is 4.98 Å². The quantitative estimate of drug-likeness (QED) is 0.687. The first kappa shape index (κ1) is 16.9. The highest BCUT2D eigenvalue weighted by Crippen LogP contribution is 2.33. The number of carbonyl (C=O) groups excluding carboxylic acids is 1. The number of rotatable bonds is 3. The minimum Gasteiger partial charge on any atom is -0.481 e. The second kappa shape index (κ2) is 6.70. The van der Waals surface area contributed by atoms with Crippen LogP contribution in [0.5, 0.6) is 5.88 Å². The Balaban J connectivity index is 1.28. The van der Waals surface area contributed by atoms with Gasteiger partial charge in [-0.2, -0.15) is 4.98 Å². The Hall–Kier alpha value is -3.29. The first-order valence-electron chi connectivity index (χ1n) is 9.33. The van der Waals surface area contributed by atoms with Gasteiger partial charge in [-0.3, -0.25) is 14.8 Å². The van der Waals surface area contributed by atoms with Crippen LogP contribution in [0.3, 0.4) is 0 Å². The number of hydrogen-bond donors (Lipinski definition) is 0. The molecule has 1 amide bonds. The molecule has 4 heterocycles. The zero-order valence-corrected chi connectivity index (χ0v) is 15.5. The van der Waals surface area contributed by atoms with Gasteiger partial charge in [0, 0.05) is 68.2 Å². The number of carbonyl (C=O) groups is 1. The Bertz CT molecular complexity index is 1030. The van der Waals surface area contributed by atoms with E-state index in [0.29, 0.717) is 29.2 Å². The van der Waals surface area contributed by atoms with E-state index < -0.39 is 0 Å². The van der Waals surface area contributed by atoms with Crippen molar-refractivity contribution in [2.24, 2.45) is 11.8 Å². The second-order valence-corrected chi connectivity index (χ2v) is 7.29. The third kappa shape index (κ3) is 2.90. The lowest BCUT2D eigenvalue weighted by Gasteiger charge is -2.22. The van der Waals surface area contributed by atoms with Crippen molar-refractivity contribution in [1.82, 2.24) is 24.8 Å². The van der Waals surface area contributed by atoms with Crippen LogP contribution in [0.2, 0.25) is 0 Å². The number of anilines is 1. The minimum absolute atomic E-state index is 0.0612. The van der Waals surface area contributed by atoms with E-state index in [4.69, 9.17) is 4.74 Å². The van der Waals surface area contributed by atoms with Crippen LogP contribution in [0.15, 0.2) is 42.9 Å². The van der Waals surface area contributed by atoms with Crippen LogP contribution in [0.25, 0.3) is 11.0 Å². The molecule has 28 heavy (non-hydrogen) atoms. The maximum Gasteiger partial charge on any atom is 0.253 e. The molecule has 1 aromatic carbocycles. The maximum atomic E-state index is 13.0. The summed E-state index contributed by atoms with van der Waals surface area (Å²) in [5, 5.41) is 0. The van der Waals surface area contributed by atoms with Crippen molar-refractivity contribution in [1.29, 1.82) is 0 Å². The highest BCUT2D eigenvalue weighted by Gasteiger charge is 2.42. The van der Waals surface area contributed by atoms with Gasteiger partial charge in [0.25, 0.3) is 5.91 Å². The SMILES string of the molecule is COc1ccnc(N2CC3CN(C(=O)c4ccc5nccnc5c4)CC3C2)n1. The lowest BCUT2D eigenvalue weighted by molar-refractivity contribution is 0.0782. The number of nitrogens with zero attached hydrogens (tertiary/aromatic N) is 6. The van der Waals surface area contributed by atoms with Gasteiger partial charge in [0.1, 0.15) is 0 Å². The molecule has 2 saturated heterocycles. The Labute approximate surface area is 162 Å². The van der Waals surface area contributed by atoms with Gasteiger partial charge in [0.2, 0.25) is 11.8 Å². The van der Waals surface area contributed by atoms with Gasteiger partial charge in [0.05, 0.1) is 18.1 Å². The molecule has 3 aromatic rings. The molecular formula is C20H20N6O2. The lowest BCUT2D eigenvalue weighted by Crippen LogP contribution is -2.33. The zero-order valence-electron chi connectivity index (χ0n) is 15.5. The number of fused-ring (bicyclic) bond motifs is 2. The fourth-order valence-electron chi connectivity index (χ4n) is 4.20. The largest absolute Gasteiger partial charge is 0.481 e. The van der Waals surface area contributed by atoms with Crippen LogP contribution >= 0.6 is 0 Å². The van der Waals surface area contributed by atoms with Crippen LogP contribution in [0.4, 0.5) is 5.95 Å². The number of likely N-dealkylation sites (tertiary alicyclic amines) is 1. The van der Waals surface area contributed by atoms with Crippen molar-refractivity contribution >= 4 is 22.9 Å². The highest BCUT2D eigenvalue weighted by molar-refractivity contribution is 5.97. The predicted molar refractivity (Wildman–Crippen MR) is 103 cm³/mol. The van der Waals surface area contributed by atoms with E-state index >= 15 is 0 Å². The van der Waals surface area contributed by atoms with Crippen LogP contribution in [-0.4, -0.2) is 64.0 Å². The fraction of sp³-hybridized carbons (Fsp3) is 0.350. The summed E-state index contributed by atoms with van der Waals surface area (Å²) in [6, 6.07) is 7.27. The lowest BCUT2D eigenvalue weighted by atomic mass is 10.0. The number of amides is 1. The molecule has 2 atom stereocenters. The summed E-state index contributed by atoms with van der Waals surface area (Å²) in [4.78, 5) is 34.5. The molecule has 2 aromatic heterocycles.